The average Bonchev–Trinajstić information content (AvgIpc) is 2.54. The highest BCUT2D eigenvalue weighted by Gasteiger charge is 2.23. The summed E-state index contributed by atoms with van der Waals surface area (Å²) >= 11 is 0. The van der Waals surface area contributed by atoms with E-state index in [2.05, 4.69) is 6.07 Å². The Morgan fingerprint density at radius 1 is 1.38 bits per heavy atom. The highest BCUT2D eigenvalue weighted by Crippen LogP contribution is 2.17. The summed E-state index contributed by atoms with van der Waals surface area (Å²) in [5.41, 5.74) is 0.445. The van der Waals surface area contributed by atoms with Crippen molar-refractivity contribution in [1.29, 1.82) is 5.26 Å². The van der Waals surface area contributed by atoms with E-state index >= 15 is 0 Å². The number of para-hydroxylation sites is 1. The van der Waals surface area contributed by atoms with Crippen LogP contribution >= 0.6 is 0 Å². The lowest BCUT2D eigenvalue weighted by molar-refractivity contribution is -0.135. The number of nitriles is 1. The fourth-order valence-electron chi connectivity index (χ4n) is 2.42. The number of amides is 1. The highest BCUT2D eigenvalue weighted by atomic mass is 16.5. The third-order valence-electron chi connectivity index (χ3n) is 3.56. The van der Waals surface area contributed by atoms with Crippen LogP contribution in [0.1, 0.15) is 25.3 Å². The molecule has 0 radical (unpaired) electrons. The molecular weight excluding hydrogens is 268 g/mol. The van der Waals surface area contributed by atoms with Crippen LogP contribution in [0.3, 0.4) is 0 Å². The van der Waals surface area contributed by atoms with Crippen LogP contribution in [0.2, 0.25) is 0 Å². The van der Waals surface area contributed by atoms with Gasteiger partial charge in [-0.25, -0.2) is 0 Å². The van der Waals surface area contributed by atoms with E-state index in [1.165, 1.54) is 0 Å². The van der Waals surface area contributed by atoms with E-state index in [0.717, 1.165) is 12.8 Å². The van der Waals surface area contributed by atoms with Gasteiger partial charge in [0, 0.05) is 19.7 Å². The third kappa shape index (κ3) is 4.20. The van der Waals surface area contributed by atoms with Crippen LogP contribution in [0.15, 0.2) is 24.3 Å². The minimum absolute atomic E-state index is 0.0298. The maximum atomic E-state index is 12.1. The number of hydrogen-bond donors (Lipinski definition) is 0. The van der Waals surface area contributed by atoms with Gasteiger partial charge in [-0.1, -0.05) is 12.1 Å². The molecule has 21 heavy (non-hydrogen) atoms. The summed E-state index contributed by atoms with van der Waals surface area (Å²) in [6.07, 6.45) is 2.00. The topological polar surface area (TPSA) is 62.6 Å². The van der Waals surface area contributed by atoms with E-state index in [9.17, 15) is 4.79 Å². The molecule has 1 saturated heterocycles. The molecule has 112 valence electrons. The number of rotatable bonds is 5. The first-order valence-electron chi connectivity index (χ1n) is 7.26. The lowest BCUT2D eigenvalue weighted by atomic mass is 10.1. The van der Waals surface area contributed by atoms with Crippen LogP contribution in [0, 0.1) is 11.3 Å². The number of ether oxygens (including phenoxy) is 2. The molecule has 1 amide bonds. The van der Waals surface area contributed by atoms with Crippen molar-refractivity contribution < 1.29 is 14.3 Å². The standard InChI is InChI=1S/C16H20N2O3/c1-2-20-14-7-9-18(10-8-14)16(19)12-21-15-6-4-3-5-13(15)11-17/h3-6,14H,2,7-10,12H2,1H3. The number of hydrogen-bond acceptors (Lipinski definition) is 4. The minimum atomic E-state index is -0.0438. The van der Waals surface area contributed by atoms with Gasteiger partial charge in [0.2, 0.25) is 0 Å². The molecule has 0 N–H and O–H groups in total. The van der Waals surface area contributed by atoms with Gasteiger partial charge < -0.3 is 14.4 Å². The average molecular weight is 288 g/mol. The van der Waals surface area contributed by atoms with E-state index in [1.54, 1.807) is 29.2 Å². The molecule has 1 aromatic carbocycles. The quantitative estimate of drug-likeness (QED) is 0.831. The Morgan fingerprint density at radius 3 is 2.76 bits per heavy atom. The summed E-state index contributed by atoms with van der Waals surface area (Å²) in [6.45, 7) is 4.07. The van der Waals surface area contributed by atoms with Crippen LogP contribution in [0.4, 0.5) is 0 Å². The fraction of sp³-hybridized carbons (Fsp3) is 0.500. The Morgan fingerprint density at radius 2 is 2.10 bits per heavy atom. The normalized spacial score (nSPS) is 15.5. The first kappa shape index (κ1) is 15.3. The first-order valence-corrected chi connectivity index (χ1v) is 7.26. The van der Waals surface area contributed by atoms with E-state index < -0.39 is 0 Å². The molecule has 0 spiro atoms. The second-order valence-corrected chi connectivity index (χ2v) is 4.93. The SMILES string of the molecule is CCOC1CCN(C(=O)COc2ccccc2C#N)CC1. The molecule has 2 rings (SSSR count). The summed E-state index contributed by atoms with van der Waals surface area (Å²) in [5.74, 6) is 0.412. The summed E-state index contributed by atoms with van der Waals surface area (Å²) < 4.78 is 11.0. The van der Waals surface area contributed by atoms with Crippen molar-refractivity contribution in [3.05, 3.63) is 29.8 Å². The monoisotopic (exact) mass is 288 g/mol. The molecule has 1 aromatic rings. The molecule has 0 bridgehead atoms. The number of piperidine rings is 1. The molecule has 0 aliphatic carbocycles. The second-order valence-electron chi connectivity index (χ2n) is 4.93. The van der Waals surface area contributed by atoms with Crippen LogP contribution in [-0.4, -0.2) is 43.2 Å². The van der Waals surface area contributed by atoms with Gasteiger partial charge in [0.15, 0.2) is 6.61 Å². The second kappa shape index (κ2) is 7.65. The van der Waals surface area contributed by atoms with Gasteiger partial charge in [0.05, 0.1) is 11.7 Å². The van der Waals surface area contributed by atoms with Crippen molar-refractivity contribution in [2.75, 3.05) is 26.3 Å². The Labute approximate surface area is 125 Å². The predicted molar refractivity (Wildman–Crippen MR) is 77.9 cm³/mol. The van der Waals surface area contributed by atoms with E-state index in [0.29, 0.717) is 31.0 Å². The molecule has 0 aromatic heterocycles. The molecule has 0 atom stereocenters. The summed E-state index contributed by atoms with van der Waals surface area (Å²) in [7, 11) is 0. The van der Waals surface area contributed by atoms with Crippen LogP contribution < -0.4 is 4.74 Å². The van der Waals surface area contributed by atoms with E-state index in [-0.39, 0.29) is 18.6 Å². The summed E-state index contributed by atoms with van der Waals surface area (Å²) in [6, 6.07) is 8.98. The van der Waals surface area contributed by atoms with Crippen molar-refractivity contribution in [2.45, 2.75) is 25.9 Å². The molecule has 5 heteroatoms. The van der Waals surface area contributed by atoms with Gasteiger partial charge in [-0.05, 0) is 31.9 Å². The highest BCUT2D eigenvalue weighted by molar-refractivity contribution is 5.78. The zero-order valence-corrected chi connectivity index (χ0v) is 12.2. The lowest BCUT2D eigenvalue weighted by Gasteiger charge is -2.31. The molecule has 0 unspecified atom stereocenters. The van der Waals surface area contributed by atoms with Gasteiger partial charge in [0.1, 0.15) is 11.8 Å². The molecule has 1 fully saturated rings. The first-order chi connectivity index (χ1) is 10.2. The Balaban J connectivity index is 1.82. The van der Waals surface area contributed by atoms with Gasteiger partial charge in [-0.15, -0.1) is 0 Å². The smallest absolute Gasteiger partial charge is 0.260 e. The Kier molecular flexibility index (Phi) is 5.59. The number of likely N-dealkylation sites (tertiary alicyclic amines) is 1. The predicted octanol–water partition coefficient (Wildman–Crippen LogP) is 1.96. The molecule has 1 aliphatic heterocycles. The summed E-state index contributed by atoms with van der Waals surface area (Å²) in [5, 5.41) is 8.97. The molecular formula is C16H20N2O3. The zero-order valence-electron chi connectivity index (χ0n) is 12.2. The third-order valence-corrected chi connectivity index (χ3v) is 3.56. The van der Waals surface area contributed by atoms with Gasteiger partial charge in [0.25, 0.3) is 5.91 Å². The maximum absolute atomic E-state index is 12.1. The van der Waals surface area contributed by atoms with Crippen molar-refractivity contribution >= 4 is 5.91 Å². The lowest BCUT2D eigenvalue weighted by Crippen LogP contribution is -2.43. The van der Waals surface area contributed by atoms with Crippen LogP contribution in [0.5, 0.6) is 5.75 Å². The van der Waals surface area contributed by atoms with Crippen molar-refractivity contribution in [2.24, 2.45) is 0 Å². The Hall–Kier alpha value is -2.06. The van der Waals surface area contributed by atoms with Gasteiger partial charge in [-0.3, -0.25) is 4.79 Å². The van der Waals surface area contributed by atoms with Crippen LogP contribution in [0.25, 0.3) is 0 Å². The van der Waals surface area contributed by atoms with Gasteiger partial charge in [-0.2, -0.15) is 5.26 Å². The van der Waals surface area contributed by atoms with Crippen LogP contribution in [-0.2, 0) is 9.53 Å². The van der Waals surface area contributed by atoms with E-state index in [4.69, 9.17) is 14.7 Å². The zero-order chi connectivity index (χ0) is 15.1. The van der Waals surface area contributed by atoms with Gasteiger partial charge >= 0.3 is 0 Å². The fourth-order valence-corrected chi connectivity index (χ4v) is 2.42. The van der Waals surface area contributed by atoms with E-state index in [1.807, 2.05) is 6.92 Å². The molecule has 1 aliphatic rings. The largest absolute Gasteiger partial charge is 0.482 e. The molecule has 5 nitrogen and oxygen atoms in total. The Bertz CT molecular complexity index is 516. The summed E-state index contributed by atoms with van der Waals surface area (Å²) in [4.78, 5) is 13.9. The maximum Gasteiger partial charge on any atom is 0.260 e. The van der Waals surface area contributed by atoms with Crippen molar-refractivity contribution in [3.8, 4) is 11.8 Å². The number of benzene rings is 1. The minimum Gasteiger partial charge on any atom is -0.482 e. The number of nitrogens with zero attached hydrogens (tertiary/aromatic N) is 2. The van der Waals surface area contributed by atoms with Crippen molar-refractivity contribution in [1.82, 2.24) is 4.90 Å². The number of carbonyl (C=O) groups excluding carboxylic acids is 1. The number of carbonyl (C=O) groups is 1. The molecule has 1 heterocycles. The van der Waals surface area contributed by atoms with Crippen molar-refractivity contribution in [3.63, 3.8) is 0 Å². The molecule has 0 saturated carbocycles.